The molecule has 0 saturated carbocycles. The van der Waals surface area contributed by atoms with Crippen LogP contribution in [-0.4, -0.2) is 15.9 Å². The van der Waals surface area contributed by atoms with Crippen LogP contribution in [0.1, 0.15) is 17.0 Å². The molecule has 20 heavy (non-hydrogen) atoms. The van der Waals surface area contributed by atoms with Gasteiger partial charge < -0.3 is 10.5 Å². The van der Waals surface area contributed by atoms with E-state index in [4.69, 9.17) is 16.3 Å². The fourth-order valence-corrected chi connectivity index (χ4v) is 1.60. The fourth-order valence-electron chi connectivity index (χ4n) is 1.60. The van der Waals surface area contributed by atoms with Gasteiger partial charge >= 0.3 is 6.09 Å². The topological polar surface area (TPSA) is 118 Å². The van der Waals surface area contributed by atoms with Gasteiger partial charge in [-0.05, 0) is 17.7 Å². The molecule has 98 valence electrons. The van der Waals surface area contributed by atoms with Crippen LogP contribution in [0.5, 0.6) is 0 Å². The maximum Gasteiger partial charge on any atom is 0.404 e. The van der Waals surface area contributed by atoms with Crippen LogP contribution >= 0.6 is 0 Å². The highest BCUT2D eigenvalue weighted by atomic mass is 16.5. The molecular weight excluding hydrogens is 258 g/mol. The molecule has 2 N–H and O–H groups in total. The van der Waals surface area contributed by atoms with E-state index >= 15 is 0 Å². The predicted molar refractivity (Wildman–Crippen MR) is 67.4 cm³/mol. The van der Waals surface area contributed by atoms with Crippen LogP contribution < -0.4 is 5.73 Å². The lowest BCUT2D eigenvalue weighted by Crippen LogP contribution is -2.12. The van der Waals surface area contributed by atoms with Gasteiger partial charge in [0.25, 0.3) is 0 Å². The van der Waals surface area contributed by atoms with Crippen molar-refractivity contribution in [1.29, 1.82) is 10.5 Å². The molecule has 2 aromatic rings. The molecule has 0 radical (unpaired) electrons. The maximum absolute atomic E-state index is 10.5. The number of carbonyl (C=O) groups is 1. The number of nitrogens with zero attached hydrogens (tertiary/aromatic N) is 4. The van der Waals surface area contributed by atoms with Crippen LogP contribution in [0.2, 0.25) is 0 Å². The first-order chi connectivity index (χ1) is 9.63. The third kappa shape index (κ3) is 2.74. The van der Waals surface area contributed by atoms with Gasteiger partial charge in [0.1, 0.15) is 24.4 Å². The molecule has 0 aliphatic rings. The Balaban J connectivity index is 2.26. The zero-order chi connectivity index (χ0) is 14.5. The standard InChI is InChI=1S/C13H9N5O2/c14-6-10-5-12(7-15)18(17-10)11-3-1-9(2-4-11)8-20-13(16)19/h1-5H,8H2,(H2,16,19). The summed E-state index contributed by atoms with van der Waals surface area (Å²) in [5, 5.41) is 21.8. The molecule has 1 amide bonds. The normalized spacial score (nSPS) is 9.50. The Morgan fingerprint density at radius 3 is 2.55 bits per heavy atom. The van der Waals surface area contributed by atoms with Gasteiger partial charge in [-0.1, -0.05) is 12.1 Å². The predicted octanol–water partition coefficient (Wildman–Crippen LogP) is 1.21. The van der Waals surface area contributed by atoms with Crippen LogP contribution in [0, 0.1) is 22.7 Å². The van der Waals surface area contributed by atoms with E-state index in [-0.39, 0.29) is 18.0 Å². The van der Waals surface area contributed by atoms with Gasteiger partial charge in [0.2, 0.25) is 0 Å². The highest BCUT2D eigenvalue weighted by Crippen LogP contribution is 2.13. The molecule has 0 saturated heterocycles. The van der Waals surface area contributed by atoms with E-state index in [0.29, 0.717) is 5.69 Å². The number of nitrogens with two attached hydrogens (primary N) is 1. The number of aromatic nitrogens is 2. The number of carbonyl (C=O) groups excluding carboxylic acids is 1. The second-order valence-corrected chi connectivity index (χ2v) is 3.82. The molecule has 0 bridgehead atoms. The van der Waals surface area contributed by atoms with E-state index in [1.165, 1.54) is 10.7 Å². The van der Waals surface area contributed by atoms with Gasteiger partial charge in [-0.25, -0.2) is 9.48 Å². The number of ether oxygens (including phenoxy) is 1. The summed E-state index contributed by atoms with van der Waals surface area (Å²) >= 11 is 0. The van der Waals surface area contributed by atoms with Crippen molar-refractivity contribution in [2.45, 2.75) is 6.61 Å². The van der Waals surface area contributed by atoms with Crippen molar-refractivity contribution < 1.29 is 9.53 Å². The van der Waals surface area contributed by atoms with E-state index in [0.717, 1.165) is 5.56 Å². The summed E-state index contributed by atoms with van der Waals surface area (Å²) < 4.78 is 6.03. The molecule has 2 rings (SSSR count). The van der Waals surface area contributed by atoms with Crippen molar-refractivity contribution in [1.82, 2.24) is 9.78 Å². The molecule has 1 aromatic heterocycles. The third-order valence-electron chi connectivity index (χ3n) is 2.50. The van der Waals surface area contributed by atoms with Crippen LogP contribution in [-0.2, 0) is 11.3 Å². The summed E-state index contributed by atoms with van der Waals surface area (Å²) in [6, 6.07) is 12.1. The molecule has 7 heteroatoms. The molecule has 1 heterocycles. The lowest BCUT2D eigenvalue weighted by atomic mass is 10.2. The van der Waals surface area contributed by atoms with E-state index in [1.54, 1.807) is 24.3 Å². The summed E-state index contributed by atoms with van der Waals surface area (Å²) in [5.74, 6) is 0. The second-order valence-electron chi connectivity index (χ2n) is 3.82. The Labute approximate surface area is 114 Å². The lowest BCUT2D eigenvalue weighted by molar-refractivity contribution is 0.150. The molecule has 0 unspecified atom stereocenters. The SMILES string of the molecule is N#Cc1cc(C#N)n(-c2ccc(COC(N)=O)cc2)n1. The lowest BCUT2D eigenvalue weighted by Gasteiger charge is -2.05. The van der Waals surface area contributed by atoms with Gasteiger partial charge in [0.05, 0.1) is 5.69 Å². The van der Waals surface area contributed by atoms with Gasteiger partial charge in [0, 0.05) is 6.07 Å². The van der Waals surface area contributed by atoms with Crippen molar-refractivity contribution in [3.8, 4) is 17.8 Å². The number of primary amides is 1. The molecular formula is C13H9N5O2. The van der Waals surface area contributed by atoms with Crippen molar-refractivity contribution >= 4 is 6.09 Å². The van der Waals surface area contributed by atoms with Crippen LogP contribution in [0.15, 0.2) is 30.3 Å². The average molecular weight is 267 g/mol. The zero-order valence-corrected chi connectivity index (χ0v) is 10.3. The summed E-state index contributed by atoms with van der Waals surface area (Å²) in [5.41, 5.74) is 6.69. The highest BCUT2D eigenvalue weighted by Gasteiger charge is 2.09. The Morgan fingerprint density at radius 2 is 2.00 bits per heavy atom. The molecule has 0 spiro atoms. The van der Waals surface area contributed by atoms with E-state index in [2.05, 4.69) is 9.84 Å². The number of amides is 1. The quantitative estimate of drug-likeness (QED) is 0.896. The zero-order valence-electron chi connectivity index (χ0n) is 10.3. The number of benzene rings is 1. The maximum atomic E-state index is 10.5. The van der Waals surface area contributed by atoms with Gasteiger partial charge in [-0.3, -0.25) is 0 Å². The highest BCUT2D eigenvalue weighted by molar-refractivity contribution is 5.64. The van der Waals surface area contributed by atoms with E-state index in [1.807, 2.05) is 12.1 Å². The van der Waals surface area contributed by atoms with Crippen molar-refractivity contribution in [3.63, 3.8) is 0 Å². The van der Waals surface area contributed by atoms with Crippen molar-refractivity contribution in [2.75, 3.05) is 0 Å². The van der Waals surface area contributed by atoms with Crippen LogP contribution in [0.25, 0.3) is 5.69 Å². The molecule has 1 aromatic carbocycles. The minimum absolute atomic E-state index is 0.0727. The van der Waals surface area contributed by atoms with Crippen molar-refractivity contribution in [3.05, 3.63) is 47.3 Å². The molecule has 0 aliphatic carbocycles. The van der Waals surface area contributed by atoms with E-state index in [9.17, 15) is 4.79 Å². The monoisotopic (exact) mass is 267 g/mol. The van der Waals surface area contributed by atoms with Crippen molar-refractivity contribution in [2.24, 2.45) is 5.73 Å². The Bertz CT molecular complexity index is 719. The summed E-state index contributed by atoms with van der Waals surface area (Å²) in [6.07, 6.45) is -0.841. The Morgan fingerprint density at radius 1 is 1.30 bits per heavy atom. The largest absolute Gasteiger partial charge is 0.445 e. The molecule has 0 fully saturated rings. The number of hydrogen-bond donors (Lipinski definition) is 1. The summed E-state index contributed by atoms with van der Waals surface area (Å²) in [6.45, 7) is 0.0727. The Hall–Kier alpha value is -3.32. The Kier molecular flexibility index (Phi) is 3.64. The molecule has 7 nitrogen and oxygen atoms in total. The van der Waals surface area contributed by atoms with Gasteiger partial charge in [0.15, 0.2) is 5.69 Å². The minimum atomic E-state index is -0.841. The molecule has 0 aliphatic heterocycles. The van der Waals surface area contributed by atoms with Gasteiger partial charge in [-0.15, -0.1) is 0 Å². The first-order valence-corrected chi connectivity index (χ1v) is 5.56. The summed E-state index contributed by atoms with van der Waals surface area (Å²) in [4.78, 5) is 10.5. The number of nitriles is 2. The third-order valence-corrected chi connectivity index (χ3v) is 2.50. The smallest absolute Gasteiger partial charge is 0.404 e. The average Bonchev–Trinajstić information content (AvgIpc) is 2.89. The van der Waals surface area contributed by atoms with Gasteiger partial charge in [-0.2, -0.15) is 15.6 Å². The second kappa shape index (κ2) is 5.55. The molecule has 0 atom stereocenters. The van der Waals surface area contributed by atoms with Crippen LogP contribution in [0.4, 0.5) is 4.79 Å². The number of rotatable bonds is 3. The first kappa shape index (κ1) is 13.1. The first-order valence-electron chi connectivity index (χ1n) is 5.56. The number of hydrogen-bond acceptors (Lipinski definition) is 5. The van der Waals surface area contributed by atoms with Crippen LogP contribution in [0.3, 0.4) is 0 Å². The summed E-state index contributed by atoms with van der Waals surface area (Å²) in [7, 11) is 0. The minimum Gasteiger partial charge on any atom is -0.445 e. The fraction of sp³-hybridized carbons (Fsp3) is 0.0769. The van der Waals surface area contributed by atoms with E-state index < -0.39 is 6.09 Å².